The number of unbranched alkanes of at least 4 members (excludes halogenated alkanes) is 2. The van der Waals surface area contributed by atoms with Crippen molar-refractivity contribution in [2.45, 2.75) is 46.1 Å². The molecule has 1 aromatic carbocycles. The van der Waals surface area contributed by atoms with Gasteiger partial charge >= 0.3 is 11.8 Å². The van der Waals surface area contributed by atoms with Gasteiger partial charge in [-0.3, -0.25) is 9.59 Å². The summed E-state index contributed by atoms with van der Waals surface area (Å²) in [7, 11) is 0. The molecule has 0 fully saturated rings. The first kappa shape index (κ1) is 23.4. The van der Waals surface area contributed by atoms with Gasteiger partial charge in [-0.1, -0.05) is 57.0 Å². The van der Waals surface area contributed by atoms with Crippen LogP contribution in [0.1, 0.15) is 45.1 Å². The highest BCUT2D eigenvalue weighted by atomic mass is 35.5. The average molecular weight is 370 g/mol. The number of carbonyl (C=O) groups excluding carboxylic acids is 2. The van der Waals surface area contributed by atoms with Gasteiger partial charge in [0.05, 0.1) is 0 Å². The molecule has 6 heteroatoms. The van der Waals surface area contributed by atoms with Crippen molar-refractivity contribution < 1.29 is 9.59 Å². The van der Waals surface area contributed by atoms with Crippen molar-refractivity contribution in [3.8, 4) is 0 Å². The zero-order valence-corrected chi connectivity index (χ0v) is 16.2. The Balaban J connectivity index is 0.00000576. The number of amides is 2. The third-order valence-electron chi connectivity index (χ3n) is 3.87. The fourth-order valence-electron chi connectivity index (χ4n) is 2.37. The van der Waals surface area contributed by atoms with E-state index in [1.807, 2.05) is 30.3 Å². The maximum absolute atomic E-state index is 11.8. The van der Waals surface area contributed by atoms with Crippen molar-refractivity contribution in [1.29, 1.82) is 0 Å². The predicted molar refractivity (Wildman–Crippen MR) is 105 cm³/mol. The Morgan fingerprint density at radius 1 is 0.880 bits per heavy atom. The first-order valence-electron chi connectivity index (χ1n) is 8.99. The largest absolute Gasteiger partial charge is 0.347 e. The van der Waals surface area contributed by atoms with Crippen LogP contribution < -0.4 is 10.6 Å². The van der Waals surface area contributed by atoms with E-state index in [9.17, 15) is 9.59 Å². The zero-order valence-electron chi connectivity index (χ0n) is 15.4. The van der Waals surface area contributed by atoms with Crippen LogP contribution in [-0.2, 0) is 16.1 Å². The van der Waals surface area contributed by atoms with E-state index < -0.39 is 11.8 Å². The Bertz CT molecular complexity index is 475. The number of nitrogens with one attached hydrogen (secondary N) is 2. The minimum absolute atomic E-state index is 0. The maximum Gasteiger partial charge on any atom is 0.309 e. The summed E-state index contributed by atoms with van der Waals surface area (Å²) in [6.45, 7) is 8.11. The van der Waals surface area contributed by atoms with Gasteiger partial charge in [0.25, 0.3) is 0 Å². The summed E-state index contributed by atoms with van der Waals surface area (Å²) < 4.78 is 0. The van der Waals surface area contributed by atoms with Crippen LogP contribution in [0, 0.1) is 0 Å². The van der Waals surface area contributed by atoms with Crippen LogP contribution >= 0.6 is 12.4 Å². The molecule has 0 saturated carbocycles. The van der Waals surface area contributed by atoms with Crippen molar-refractivity contribution >= 4 is 24.2 Å². The van der Waals surface area contributed by atoms with Crippen molar-refractivity contribution in [3.05, 3.63) is 35.9 Å². The highest BCUT2D eigenvalue weighted by Gasteiger charge is 2.13. The Morgan fingerprint density at radius 2 is 1.44 bits per heavy atom. The van der Waals surface area contributed by atoms with Crippen molar-refractivity contribution in [2.24, 2.45) is 0 Å². The minimum atomic E-state index is -0.576. The van der Waals surface area contributed by atoms with E-state index in [1.54, 1.807) is 0 Å². The van der Waals surface area contributed by atoms with E-state index in [2.05, 4.69) is 29.4 Å². The number of hydrogen-bond donors (Lipinski definition) is 2. The summed E-state index contributed by atoms with van der Waals surface area (Å²) in [5.41, 5.74) is 0.976. The third kappa shape index (κ3) is 10.8. The van der Waals surface area contributed by atoms with E-state index in [4.69, 9.17) is 0 Å². The molecule has 25 heavy (non-hydrogen) atoms. The zero-order chi connectivity index (χ0) is 17.6. The third-order valence-corrected chi connectivity index (χ3v) is 3.87. The molecule has 0 aliphatic heterocycles. The summed E-state index contributed by atoms with van der Waals surface area (Å²) in [4.78, 5) is 26.0. The topological polar surface area (TPSA) is 61.4 Å². The number of benzene rings is 1. The summed E-state index contributed by atoms with van der Waals surface area (Å²) in [6, 6.07) is 9.56. The number of rotatable bonds is 11. The van der Waals surface area contributed by atoms with Crippen LogP contribution in [0.5, 0.6) is 0 Å². The second kappa shape index (κ2) is 14.7. The predicted octanol–water partition coefficient (Wildman–Crippen LogP) is 2.74. The molecular formula is C19H32ClN3O2. The van der Waals surface area contributed by atoms with Gasteiger partial charge in [0, 0.05) is 19.6 Å². The van der Waals surface area contributed by atoms with E-state index in [1.165, 1.54) is 0 Å². The molecule has 0 atom stereocenters. The molecular weight excluding hydrogens is 338 g/mol. The number of nitrogens with zero attached hydrogens (tertiary/aromatic N) is 1. The van der Waals surface area contributed by atoms with Gasteiger partial charge in [0.1, 0.15) is 0 Å². The molecule has 2 N–H and O–H groups in total. The number of halogens is 1. The van der Waals surface area contributed by atoms with Crippen molar-refractivity contribution in [2.75, 3.05) is 26.2 Å². The van der Waals surface area contributed by atoms with Gasteiger partial charge in [-0.2, -0.15) is 0 Å². The highest BCUT2D eigenvalue weighted by molar-refractivity contribution is 6.35. The first-order chi connectivity index (χ1) is 11.7. The van der Waals surface area contributed by atoms with Crippen molar-refractivity contribution in [1.82, 2.24) is 15.5 Å². The quantitative estimate of drug-likeness (QED) is 0.589. The van der Waals surface area contributed by atoms with Gasteiger partial charge in [-0.05, 0) is 31.5 Å². The summed E-state index contributed by atoms with van der Waals surface area (Å²) >= 11 is 0. The highest BCUT2D eigenvalue weighted by Crippen LogP contribution is 1.99. The minimum Gasteiger partial charge on any atom is -0.347 e. The molecule has 2 amide bonds. The molecule has 0 aliphatic rings. The lowest BCUT2D eigenvalue weighted by Crippen LogP contribution is -2.43. The molecule has 142 valence electrons. The fraction of sp³-hybridized carbons (Fsp3) is 0.579. The van der Waals surface area contributed by atoms with Gasteiger partial charge in [0.2, 0.25) is 0 Å². The first-order valence-corrected chi connectivity index (χ1v) is 8.99. The van der Waals surface area contributed by atoms with Crippen molar-refractivity contribution in [3.63, 3.8) is 0 Å². The second-order valence-corrected chi connectivity index (χ2v) is 5.97. The molecule has 1 aromatic rings. The molecule has 0 saturated heterocycles. The molecule has 0 heterocycles. The summed E-state index contributed by atoms with van der Waals surface area (Å²) in [5, 5.41) is 5.35. The molecule has 5 nitrogen and oxygen atoms in total. The Kier molecular flexibility index (Phi) is 13.8. The number of carbonyl (C=O) groups is 2. The average Bonchev–Trinajstić information content (AvgIpc) is 2.62. The Morgan fingerprint density at radius 3 is 2.00 bits per heavy atom. The summed E-state index contributed by atoms with van der Waals surface area (Å²) in [6.07, 6.45) is 4.65. The fourth-order valence-corrected chi connectivity index (χ4v) is 2.37. The molecule has 0 aliphatic carbocycles. The lowest BCUT2D eigenvalue weighted by molar-refractivity contribution is -0.139. The van der Waals surface area contributed by atoms with Crippen LogP contribution in [0.2, 0.25) is 0 Å². The monoisotopic (exact) mass is 369 g/mol. The van der Waals surface area contributed by atoms with E-state index in [-0.39, 0.29) is 12.4 Å². The smallest absolute Gasteiger partial charge is 0.309 e. The molecule has 0 unspecified atom stereocenters. The van der Waals surface area contributed by atoms with Gasteiger partial charge in [-0.25, -0.2) is 0 Å². The van der Waals surface area contributed by atoms with Crippen LogP contribution in [0.3, 0.4) is 0 Å². The maximum atomic E-state index is 11.8. The lowest BCUT2D eigenvalue weighted by Gasteiger charge is -2.21. The molecule has 0 aromatic heterocycles. The van der Waals surface area contributed by atoms with Crippen LogP contribution in [-0.4, -0.2) is 42.9 Å². The Labute approximate surface area is 158 Å². The Hall–Kier alpha value is -1.59. The van der Waals surface area contributed by atoms with Crippen LogP contribution in [0.25, 0.3) is 0 Å². The molecule has 0 bridgehead atoms. The van der Waals surface area contributed by atoms with E-state index in [0.29, 0.717) is 13.1 Å². The standard InChI is InChI=1S/C19H31N3O2.ClH/c1-3-5-13-22(14-6-4-2)15-12-20-18(23)19(24)21-16-17-10-8-7-9-11-17;/h7-11H,3-6,12-16H2,1-2H3,(H,20,23)(H,21,24);1H. The summed E-state index contributed by atoms with van der Waals surface area (Å²) in [5.74, 6) is -1.13. The number of hydrogen-bond acceptors (Lipinski definition) is 3. The van der Waals surface area contributed by atoms with Gasteiger partial charge in [0.15, 0.2) is 0 Å². The van der Waals surface area contributed by atoms with Gasteiger partial charge < -0.3 is 15.5 Å². The van der Waals surface area contributed by atoms with E-state index >= 15 is 0 Å². The lowest BCUT2D eigenvalue weighted by atomic mass is 10.2. The molecule has 0 radical (unpaired) electrons. The second-order valence-electron chi connectivity index (χ2n) is 5.97. The molecule has 1 rings (SSSR count). The SMILES string of the molecule is CCCCN(CCCC)CCNC(=O)C(=O)NCc1ccccc1.Cl. The van der Waals surface area contributed by atoms with E-state index in [0.717, 1.165) is 50.9 Å². The van der Waals surface area contributed by atoms with Crippen LogP contribution in [0.4, 0.5) is 0 Å². The molecule has 0 spiro atoms. The van der Waals surface area contributed by atoms with Gasteiger partial charge in [-0.15, -0.1) is 12.4 Å². The normalized spacial score (nSPS) is 10.2. The van der Waals surface area contributed by atoms with Crippen LogP contribution in [0.15, 0.2) is 30.3 Å².